The average molecular weight is 596 g/mol. The van der Waals surface area contributed by atoms with Crippen LogP contribution >= 0.6 is 0 Å². The van der Waals surface area contributed by atoms with Crippen LogP contribution in [0.1, 0.15) is 50.0 Å². The van der Waals surface area contributed by atoms with Crippen LogP contribution in [0.3, 0.4) is 0 Å². The number of amides is 2. The second-order valence-corrected chi connectivity index (χ2v) is 10.3. The minimum absolute atomic E-state index is 0.0396. The largest absolute Gasteiger partial charge is 0.483 e. The summed E-state index contributed by atoms with van der Waals surface area (Å²) in [4.78, 5) is 42.1. The number of hydrogen-bond acceptors (Lipinski definition) is 4. The number of pyridine rings is 1. The molecule has 1 N–H and O–H groups in total. The van der Waals surface area contributed by atoms with E-state index in [1.165, 1.54) is 15.7 Å². The maximum Gasteiger partial charge on any atom is 0.279 e. The minimum atomic E-state index is -1.22. The van der Waals surface area contributed by atoms with Crippen LogP contribution in [0.15, 0.2) is 65.6 Å². The molecule has 2 amide bonds. The van der Waals surface area contributed by atoms with E-state index in [4.69, 9.17) is 4.74 Å². The van der Waals surface area contributed by atoms with Crippen molar-refractivity contribution in [1.82, 2.24) is 9.88 Å². The van der Waals surface area contributed by atoms with Gasteiger partial charge in [0.15, 0.2) is 23.1 Å². The third-order valence-corrected chi connectivity index (χ3v) is 7.59. The lowest BCUT2D eigenvalue weighted by molar-refractivity contribution is 0.0927. The lowest BCUT2D eigenvalue weighted by Crippen LogP contribution is -2.45. The van der Waals surface area contributed by atoms with Gasteiger partial charge in [0.25, 0.3) is 11.8 Å². The fourth-order valence-corrected chi connectivity index (χ4v) is 5.43. The average Bonchev–Trinajstić information content (AvgIpc) is 3.13. The molecule has 0 unspecified atom stereocenters. The molecular formula is C31H22F5N3O4. The molecule has 220 valence electrons. The fourth-order valence-electron chi connectivity index (χ4n) is 5.43. The first-order chi connectivity index (χ1) is 20.6. The van der Waals surface area contributed by atoms with Crippen LogP contribution in [0.2, 0.25) is 0 Å². The third kappa shape index (κ3) is 5.13. The predicted molar refractivity (Wildman–Crippen MR) is 144 cm³/mol. The van der Waals surface area contributed by atoms with Gasteiger partial charge < -0.3 is 19.5 Å². The molecule has 2 aliphatic rings. The Morgan fingerprint density at radius 3 is 2.35 bits per heavy atom. The Kier molecular flexibility index (Phi) is 7.20. The molecule has 3 aromatic carbocycles. The van der Waals surface area contributed by atoms with Gasteiger partial charge in [0.1, 0.15) is 29.6 Å². The Balaban J connectivity index is 1.42. The van der Waals surface area contributed by atoms with Gasteiger partial charge in [-0.05, 0) is 30.0 Å². The van der Waals surface area contributed by atoms with Crippen molar-refractivity contribution in [3.8, 4) is 5.75 Å². The van der Waals surface area contributed by atoms with Crippen molar-refractivity contribution in [3.63, 3.8) is 0 Å². The molecule has 0 saturated heterocycles. The van der Waals surface area contributed by atoms with E-state index in [-0.39, 0.29) is 31.0 Å². The van der Waals surface area contributed by atoms with E-state index in [0.29, 0.717) is 29.7 Å². The second-order valence-electron chi connectivity index (χ2n) is 10.3. The van der Waals surface area contributed by atoms with E-state index in [0.717, 1.165) is 12.1 Å². The van der Waals surface area contributed by atoms with Crippen LogP contribution in [-0.4, -0.2) is 22.9 Å². The minimum Gasteiger partial charge on any atom is -0.483 e. The van der Waals surface area contributed by atoms with E-state index in [2.05, 4.69) is 5.32 Å². The van der Waals surface area contributed by atoms with Crippen LogP contribution in [0.25, 0.3) is 0 Å². The standard InChI is InChI=1S/C31H22F5N3O4/c32-18-9-22(33)20(23(34)10-18)12-37-30(41)21-14-38-19-7-6-17-8-24(35)25(36)11-26(17)39(13-19)31(42)27(38)29(28(21)40)43-15-16-4-2-1-3-5-16/h1-5,8-11,14,19H,6-7,12-13,15H2,(H,37,41)/t19-/m0/s1. The number of hydrogen-bond donors (Lipinski definition) is 1. The molecule has 7 nitrogen and oxygen atoms in total. The zero-order valence-electron chi connectivity index (χ0n) is 22.3. The molecule has 0 saturated carbocycles. The summed E-state index contributed by atoms with van der Waals surface area (Å²) >= 11 is 0. The number of carbonyl (C=O) groups is 2. The van der Waals surface area contributed by atoms with Gasteiger partial charge in [-0.3, -0.25) is 14.4 Å². The molecule has 0 fully saturated rings. The van der Waals surface area contributed by atoms with Gasteiger partial charge in [-0.2, -0.15) is 0 Å². The van der Waals surface area contributed by atoms with Crippen molar-refractivity contribution in [2.45, 2.75) is 32.0 Å². The molecule has 43 heavy (non-hydrogen) atoms. The van der Waals surface area contributed by atoms with Crippen molar-refractivity contribution in [2.24, 2.45) is 0 Å². The van der Waals surface area contributed by atoms with Crippen molar-refractivity contribution in [1.29, 1.82) is 0 Å². The molecule has 1 atom stereocenters. The smallest absolute Gasteiger partial charge is 0.279 e. The predicted octanol–water partition coefficient (Wildman–Crippen LogP) is 5.20. The molecule has 6 rings (SSSR count). The van der Waals surface area contributed by atoms with Crippen LogP contribution in [0, 0.1) is 29.1 Å². The van der Waals surface area contributed by atoms with Crippen molar-refractivity contribution < 1.29 is 36.3 Å². The quantitative estimate of drug-likeness (QED) is 0.311. The first kappa shape index (κ1) is 28.1. The zero-order chi connectivity index (χ0) is 30.4. The first-order valence-electron chi connectivity index (χ1n) is 13.3. The number of nitrogens with one attached hydrogen (secondary N) is 1. The summed E-state index contributed by atoms with van der Waals surface area (Å²) in [7, 11) is 0. The highest BCUT2D eigenvalue weighted by Crippen LogP contribution is 2.38. The van der Waals surface area contributed by atoms with Crippen molar-refractivity contribution in [2.75, 3.05) is 11.4 Å². The van der Waals surface area contributed by atoms with Crippen LogP contribution < -0.4 is 20.4 Å². The monoisotopic (exact) mass is 595 g/mol. The Morgan fingerprint density at radius 1 is 0.930 bits per heavy atom. The normalized spacial score (nSPS) is 15.4. The zero-order valence-corrected chi connectivity index (χ0v) is 22.3. The number of halogens is 5. The van der Waals surface area contributed by atoms with Gasteiger partial charge in [-0.25, -0.2) is 22.0 Å². The number of fused-ring (bicyclic) bond motifs is 6. The maximum absolute atomic E-state index is 14.2. The second kappa shape index (κ2) is 11.0. The van der Waals surface area contributed by atoms with E-state index in [9.17, 15) is 36.3 Å². The molecule has 4 aromatic rings. The van der Waals surface area contributed by atoms with E-state index >= 15 is 0 Å². The third-order valence-electron chi connectivity index (χ3n) is 7.59. The van der Waals surface area contributed by atoms with Gasteiger partial charge in [0, 0.05) is 43.0 Å². The van der Waals surface area contributed by atoms with E-state index in [1.807, 2.05) is 0 Å². The van der Waals surface area contributed by atoms with E-state index in [1.54, 1.807) is 30.3 Å². The van der Waals surface area contributed by atoms with Crippen molar-refractivity contribution >= 4 is 17.5 Å². The van der Waals surface area contributed by atoms with Gasteiger partial charge >= 0.3 is 0 Å². The molecule has 12 heteroatoms. The molecule has 2 aliphatic heterocycles. The molecule has 1 aromatic heterocycles. The molecule has 0 aliphatic carbocycles. The number of ether oxygens (including phenoxy) is 1. The highest BCUT2D eigenvalue weighted by Gasteiger charge is 2.39. The Labute approximate surface area is 241 Å². The Morgan fingerprint density at radius 2 is 1.63 bits per heavy atom. The number of nitrogens with zero attached hydrogens (tertiary/aromatic N) is 2. The van der Waals surface area contributed by atoms with E-state index < -0.39 is 75.8 Å². The summed E-state index contributed by atoms with van der Waals surface area (Å²) < 4.78 is 77.3. The molecule has 0 spiro atoms. The van der Waals surface area contributed by atoms with Crippen LogP contribution in [-0.2, 0) is 19.6 Å². The Hall–Kier alpha value is -5.00. The summed E-state index contributed by atoms with van der Waals surface area (Å²) in [5, 5.41) is 2.28. The van der Waals surface area contributed by atoms with Gasteiger partial charge in [-0.15, -0.1) is 0 Å². The first-order valence-corrected chi connectivity index (χ1v) is 13.3. The number of benzene rings is 3. The summed E-state index contributed by atoms with van der Waals surface area (Å²) in [6.45, 7) is -0.798. The lowest BCUT2D eigenvalue weighted by atomic mass is 10.0. The van der Waals surface area contributed by atoms with Gasteiger partial charge in [0.05, 0.1) is 11.7 Å². The SMILES string of the molecule is O=C(NCc1c(F)cc(F)cc1F)c1cn2c(c(OCc3ccccc3)c1=O)C(=O)N1C[C@@H]2CCc2cc(F)c(F)cc21. The summed E-state index contributed by atoms with van der Waals surface area (Å²) in [5.74, 6) is -7.93. The number of anilines is 1. The highest BCUT2D eigenvalue weighted by atomic mass is 19.2. The summed E-state index contributed by atoms with van der Waals surface area (Å²) in [5.41, 5.74) is -0.986. The fraction of sp³-hybridized carbons (Fsp3) is 0.194. The molecule has 3 heterocycles. The number of rotatable bonds is 6. The molecule has 2 bridgehead atoms. The Bertz CT molecular complexity index is 1820. The highest BCUT2D eigenvalue weighted by molar-refractivity contribution is 6.09. The number of aryl methyl sites for hydroxylation is 1. The van der Waals surface area contributed by atoms with Crippen LogP contribution in [0.4, 0.5) is 27.6 Å². The molecule has 0 radical (unpaired) electrons. The summed E-state index contributed by atoms with van der Waals surface area (Å²) in [6.07, 6.45) is 1.77. The number of aromatic nitrogens is 1. The number of carbonyl (C=O) groups excluding carboxylic acids is 2. The van der Waals surface area contributed by atoms with Gasteiger partial charge in [-0.1, -0.05) is 30.3 Å². The van der Waals surface area contributed by atoms with Crippen LogP contribution in [0.5, 0.6) is 5.75 Å². The summed E-state index contributed by atoms with van der Waals surface area (Å²) in [6, 6.07) is 11.1. The lowest BCUT2D eigenvalue weighted by Gasteiger charge is -2.35. The van der Waals surface area contributed by atoms with Gasteiger partial charge in [0.2, 0.25) is 5.43 Å². The molecular weight excluding hydrogens is 573 g/mol. The topological polar surface area (TPSA) is 80.6 Å². The van der Waals surface area contributed by atoms with Crippen molar-refractivity contribution in [3.05, 3.63) is 128 Å². The maximum atomic E-state index is 14.2.